The maximum absolute atomic E-state index is 13.1. The van der Waals surface area contributed by atoms with Crippen LogP contribution >= 0.6 is 0 Å². The summed E-state index contributed by atoms with van der Waals surface area (Å²) in [5.41, 5.74) is 1.53. The molecule has 0 saturated carbocycles. The van der Waals surface area contributed by atoms with Gasteiger partial charge in [-0.05, 0) is 30.3 Å². The summed E-state index contributed by atoms with van der Waals surface area (Å²) < 4.78 is 40.2. The molecular weight excluding hydrogens is 371 g/mol. The van der Waals surface area contributed by atoms with Crippen LogP contribution in [0.2, 0.25) is 0 Å². The van der Waals surface area contributed by atoms with E-state index in [9.17, 15) is 22.7 Å². The molecule has 0 fully saturated rings. The summed E-state index contributed by atoms with van der Waals surface area (Å²) in [4.78, 5) is 11.2. The lowest BCUT2D eigenvalue weighted by Gasteiger charge is -2.25. The standard InChI is InChI=1S/C19H19FN2O4S/c1-27(25,26)22(16-8-6-15(20)7-9-16)12-17(24)11-21-10-14(13-23)18-4-2-3-5-19(18)21/h2-10,13,17,24H,11-12H2,1H3. The van der Waals surface area contributed by atoms with Crippen molar-refractivity contribution in [3.63, 3.8) is 0 Å². The number of hydrogen-bond donors (Lipinski definition) is 1. The van der Waals surface area contributed by atoms with Crippen molar-refractivity contribution in [3.05, 3.63) is 66.1 Å². The SMILES string of the molecule is CS(=O)(=O)N(CC(O)Cn1cc(C=O)c2ccccc21)c1ccc(F)cc1. The first-order valence-electron chi connectivity index (χ1n) is 8.24. The molecule has 1 heterocycles. The highest BCUT2D eigenvalue weighted by Crippen LogP contribution is 2.22. The van der Waals surface area contributed by atoms with Crippen LogP contribution in [-0.2, 0) is 16.6 Å². The van der Waals surface area contributed by atoms with Crippen LogP contribution in [0.15, 0.2) is 54.7 Å². The Morgan fingerprint density at radius 2 is 1.85 bits per heavy atom. The predicted molar refractivity (Wildman–Crippen MR) is 102 cm³/mol. The first-order valence-corrected chi connectivity index (χ1v) is 10.1. The summed E-state index contributed by atoms with van der Waals surface area (Å²) in [7, 11) is -3.67. The fourth-order valence-electron chi connectivity index (χ4n) is 3.04. The van der Waals surface area contributed by atoms with Gasteiger partial charge in [-0.15, -0.1) is 0 Å². The van der Waals surface area contributed by atoms with Gasteiger partial charge in [0.2, 0.25) is 10.0 Å². The third-order valence-corrected chi connectivity index (χ3v) is 5.41. The van der Waals surface area contributed by atoms with Crippen LogP contribution in [0.3, 0.4) is 0 Å². The molecule has 1 N–H and O–H groups in total. The molecule has 27 heavy (non-hydrogen) atoms. The number of para-hydroxylation sites is 1. The quantitative estimate of drug-likeness (QED) is 0.629. The molecule has 1 aromatic heterocycles. The highest BCUT2D eigenvalue weighted by atomic mass is 32.2. The van der Waals surface area contributed by atoms with Gasteiger partial charge >= 0.3 is 0 Å². The van der Waals surface area contributed by atoms with Crippen LogP contribution in [0.5, 0.6) is 0 Å². The minimum absolute atomic E-state index is 0.0988. The molecule has 1 atom stereocenters. The number of sulfonamides is 1. The van der Waals surface area contributed by atoms with Gasteiger partial charge in [0, 0.05) is 22.7 Å². The Balaban J connectivity index is 1.86. The van der Waals surface area contributed by atoms with E-state index in [1.54, 1.807) is 10.8 Å². The first kappa shape index (κ1) is 19.1. The number of halogens is 1. The molecule has 3 rings (SSSR count). The molecule has 6 nitrogen and oxygen atoms in total. The normalized spacial score (nSPS) is 12.9. The van der Waals surface area contributed by atoms with Gasteiger partial charge in [0.1, 0.15) is 5.82 Å². The van der Waals surface area contributed by atoms with Crippen molar-refractivity contribution in [2.24, 2.45) is 0 Å². The van der Waals surface area contributed by atoms with Gasteiger partial charge in [0.25, 0.3) is 0 Å². The lowest BCUT2D eigenvalue weighted by atomic mass is 10.2. The average Bonchev–Trinajstić information content (AvgIpc) is 2.98. The van der Waals surface area contributed by atoms with Crippen molar-refractivity contribution in [1.82, 2.24) is 4.57 Å². The summed E-state index contributed by atoms with van der Waals surface area (Å²) in [6.45, 7) is -0.102. The number of hydrogen-bond acceptors (Lipinski definition) is 4. The molecule has 0 bridgehead atoms. The van der Waals surface area contributed by atoms with Crippen molar-refractivity contribution in [3.8, 4) is 0 Å². The largest absolute Gasteiger partial charge is 0.389 e. The molecule has 3 aromatic rings. The Morgan fingerprint density at radius 3 is 2.48 bits per heavy atom. The second kappa shape index (κ2) is 7.50. The van der Waals surface area contributed by atoms with E-state index in [1.165, 1.54) is 12.1 Å². The van der Waals surface area contributed by atoms with Gasteiger partial charge < -0.3 is 9.67 Å². The maximum atomic E-state index is 13.1. The number of carbonyl (C=O) groups excluding carboxylic acids is 1. The minimum atomic E-state index is -3.67. The second-order valence-corrected chi connectivity index (χ2v) is 8.20. The molecule has 0 aliphatic rings. The zero-order valence-corrected chi connectivity index (χ0v) is 15.4. The Hall–Kier alpha value is -2.71. The molecule has 0 saturated heterocycles. The molecular formula is C19H19FN2O4S. The summed E-state index contributed by atoms with van der Waals surface area (Å²) in [5, 5.41) is 11.3. The molecule has 0 aliphatic heterocycles. The van der Waals surface area contributed by atoms with E-state index < -0.39 is 21.9 Å². The van der Waals surface area contributed by atoms with Crippen molar-refractivity contribution < 1.29 is 22.7 Å². The Kier molecular flexibility index (Phi) is 5.29. The van der Waals surface area contributed by atoms with Crippen LogP contribution < -0.4 is 4.31 Å². The monoisotopic (exact) mass is 390 g/mol. The fourth-order valence-corrected chi connectivity index (χ4v) is 3.98. The molecule has 0 aliphatic carbocycles. The Labute approximate surface area is 156 Å². The van der Waals surface area contributed by atoms with Gasteiger partial charge in [0.05, 0.1) is 31.1 Å². The highest BCUT2D eigenvalue weighted by molar-refractivity contribution is 7.92. The number of aliphatic hydroxyl groups excluding tert-OH is 1. The zero-order valence-electron chi connectivity index (χ0n) is 14.6. The van der Waals surface area contributed by atoms with E-state index in [4.69, 9.17) is 0 Å². The summed E-state index contributed by atoms with van der Waals surface area (Å²) in [5.74, 6) is -0.479. The van der Waals surface area contributed by atoms with Crippen molar-refractivity contribution in [2.75, 3.05) is 17.1 Å². The van der Waals surface area contributed by atoms with Gasteiger partial charge in [-0.2, -0.15) is 0 Å². The lowest BCUT2D eigenvalue weighted by Crippen LogP contribution is -2.38. The van der Waals surface area contributed by atoms with E-state index in [0.717, 1.165) is 39.9 Å². The van der Waals surface area contributed by atoms with E-state index in [-0.39, 0.29) is 18.8 Å². The smallest absolute Gasteiger partial charge is 0.232 e. The third-order valence-electron chi connectivity index (χ3n) is 4.25. The molecule has 0 spiro atoms. The van der Waals surface area contributed by atoms with Crippen molar-refractivity contribution >= 4 is 32.9 Å². The number of carbonyl (C=O) groups is 1. The van der Waals surface area contributed by atoms with Crippen molar-refractivity contribution in [2.45, 2.75) is 12.6 Å². The molecule has 0 radical (unpaired) electrons. The van der Waals surface area contributed by atoms with Crippen LogP contribution in [-0.4, -0.2) is 43.3 Å². The van der Waals surface area contributed by atoms with Crippen LogP contribution in [0.25, 0.3) is 10.9 Å². The number of aldehydes is 1. The Morgan fingerprint density at radius 1 is 1.19 bits per heavy atom. The fraction of sp³-hybridized carbons (Fsp3) is 0.211. The van der Waals surface area contributed by atoms with Crippen molar-refractivity contribution in [1.29, 1.82) is 0 Å². The van der Waals surface area contributed by atoms with Gasteiger partial charge in [-0.25, -0.2) is 12.8 Å². The number of benzene rings is 2. The van der Waals surface area contributed by atoms with Crippen LogP contribution in [0, 0.1) is 5.82 Å². The van der Waals surface area contributed by atoms with Crippen LogP contribution in [0.4, 0.5) is 10.1 Å². The Bertz CT molecular complexity index is 1060. The molecule has 2 aromatic carbocycles. The van der Waals surface area contributed by atoms with E-state index in [2.05, 4.69) is 0 Å². The molecule has 142 valence electrons. The summed E-state index contributed by atoms with van der Waals surface area (Å²) >= 11 is 0. The summed E-state index contributed by atoms with van der Waals surface area (Å²) in [6, 6.07) is 12.3. The van der Waals surface area contributed by atoms with Gasteiger partial charge in [-0.1, -0.05) is 18.2 Å². The number of aliphatic hydroxyl groups is 1. The van der Waals surface area contributed by atoms with Gasteiger partial charge in [0.15, 0.2) is 6.29 Å². The number of anilines is 1. The second-order valence-electron chi connectivity index (χ2n) is 6.30. The maximum Gasteiger partial charge on any atom is 0.232 e. The third kappa shape index (κ3) is 4.17. The summed E-state index contributed by atoms with van der Waals surface area (Å²) in [6.07, 6.45) is 2.36. The number of fused-ring (bicyclic) bond motifs is 1. The predicted octanol–water partition coefficient (Wildman–Crippen LogP) is 2.42. The number of rotatable bonds is 7. The number of aromatic nitrogens is 1. The molecule has 8 heteroatoms. The highest BCUT2D eigenvalue weighted by Gasteiger charge is 2.22. The lowest BCUT2D eigenvalue weighted by molar-refractivity contribution is 0.112. The molecule has 1 unspecified atom stereocenters. The topological polar surface area (TPSA) is 79.6 Å². The first-order chi connectivity index (χ1) is 12.8. The van der Waals surface area contributed by atoms with Gasteiger partial charge in [-0.3, -0.25) is 9.10 Å². The average molecular weight is 390 g/mol. The van der Waals surface area contributed by atoms with E-state index >= 15 is 0 Å². The zero-order chi connectivity index (χ0) is 19.6. The van der Waals surface area contributed by atoms with E-state index in [0.29, 0.717) is 5.56 Å². The van der Waals surface area contributed by atoms with E-state index in [1.807, 2.05) is 24.3 Å². The minimum Gasteiger partial charge on any atom is -0.389 e. The molecule has 0 amide bonds. The number of nitrogens with zero attached hydrogens (tertiary/aromatic N) is 2. The van der Waals surface area contributed by atoms with Crippen LogP contribution in [0.1, 0.15) is 10.4 Å².